The van der Waals surface area contributed by atoms with Crippen LogP contribution in [-0.2, 0) is 10.2 Å². The summed E-state index contributed by atoms with van der Waals surface area (Å²) in [4.78, 5) is 16.3. The van der Waals surface area contributed by atoms with E-state index in [1.807, 2.05) is 13.0 Å². The largest absolute Gasteiger partial charge is 0.299 e. The Morgan fingerprint density at radius 1 is 1.44 bits per heavy atom. The lowest BCUT2D eigenvalue weighted by Gasteiger charge is -2.27. The first-order valence-corrected chi connectivity index (χ1v) is 6.22. The van der Waals surface area contributed by atoms with Crippen molar-refractivity contribution in [3.8, 4) is 0 Å². The molecule has 1 saturated carbocycles. The lowest BCUT2D eigenvalue weighted by atomic mass is 9.75. The highest BCUT2D eigenvalue weighted by molar-refractivity contribution is 6.29. The Balaban J connectivity index is 2.39. The zero-order valence-corrected chi connectivity index (χ0v) is 10.3. The van der Waals surface area contributed by atoms with Crippen molar-refractivity contribution in [2.75, 3.05) is 0 Å². The molecule has 0 unspecified atom stereocenters. The van der Waals surface area contributed by atoms with Crippen molar-refractivity contribution in [2.24, 2.45) is 0 Å². The smallest absolute Gasteiger partial charge is 0.143 e. The fourth-order valence-electron chi connectivity index (χ4n) is 2.70. The Hall–Kier alpha value is -0.890. The van der Waals surface area contributed by atoms with Crippen molar-refractivity contribution in [3.05, 3.63) is 29.0 Å². The van der Waals surface area contributed by atoms with Crippen LogP contribution in [0.5, 0.6) is 0 Å². The lowest BCUT2D eigenvalue weighted by molar-refractivity contribution is -0.124. The molecule has 1 heterocycles. The summed E-state index contributed by atoms with van der Waals surface area (Å²) in [7, 11) is 0. The van der Waals surface area contributed by atoms with Crippen LogP contribution in [0.4, 0.5) is 0 Å². The molecule has 0 bridgehead atoms. The van der Waals surface area contributed by atoms with Crippen LogP contribution in [0.15, 0.2) is 18.3 Å². The fraction of sp³-hybridized carbons (Fsp3) is 0.538. The van der Waals surface area contributed by atoms with E-state index in [9.17, 15) is 4.79 Å². The molecule has 1 aliphatic carbocycles. The molecule has 0 N–H and O–H groups in total. The molecule has 0 saturated heterocycles. The number of carbonyl (C=O) groups excluding carboxylic acids is 1. The second kappa shape index (κ2) is 4.54. The first-order chi connectivity index (χ1) is 7.69. The number of halogens is 1. The lowest BCUT2D eigenvalue weighted by Crippen LogP contribution is -2.32. The summed E-state index contributed by atoms with van der Waals surface area (Å²) in [5.41, 5.74) is 0.771. The van der Waals surface area contributed by atoms with Gasteiger partial charge >= 0.3 is 0 Å². The molecule has 86 valence electrons. The molecule has 0 spiro atoms. The molecule has 2 rings (SSSR count). The standard InChI is InChI=1S/C13H16ClNO/c1-2-11(16)13(7-3-4-8-13)10-5-6-12(14)15-9-10/h5-6,9H,2-4,7-8H2,1H3. The minimum absolute atomic E-state index is 0.271. The quantitative estimate of drug-likeness (QED) is 0.753. The number of aromatic nitrogens is 1. The van der Waals surface area contributed by atoms with Crippen molar-refractivity contribution < 1.29 is 4.79 Å². The third kappa shape index (κ3) is 1.86. The summed E-state index contributed by atoms with van der Waals surface area (Å²) in [6, 6.07) is 3.73. The molecule has 0 radical (unpaired) electrons. The predicted molar refractivity (Wildman–Crippen MR) is 64.7 cm³/mol. The summed E-state index contributed by atoms with van der Waals surface area (Å²) < 4.78 is 0. The van der Waals surface area contributed by atoms with Gasteiger partial charge in [0.2, 0.25) is 0 Å². The zero-order chi connectivity index (χ0) is 11.6. The minimum atomic E-state index is -0.271. The number of carbonyl (C=O) groups is 1. The number of Topliss-reactive ketones (excluding diaryl/α,β-unsaturated/α-hetero) is 1. The highest BCUT2D eigenvalue weighted by Crippen LogP contribution is 2.42. The summed E-state index contributed by atoms with van der Waals surface area (Å²) >= 11 is 5.78. The zero-order valence-electron chi connectivity index (χ0n) is 9.50. The van der Waals surface area contributed by atoms with Gasteiger partial charge in [0, 0.05) is 12.6 Å². The Labute approximate surface area is 101 Å². The van der Waals surface area contributed by atoms with E-state index in [4.69, 9.17) is 11.6 Å². The van der Waals surface area contributed by atoms with Crippen LogP contribution >= 0.6 is 11.6 Å². The van der Waals surface area contributed by atoms with Crippen LogP contribution in [0.1, 0.15) is 44.6 Å². The predicted octanol–water partition coefficient (Wildman–Crippen LogP) is 3.53. The van der Waals surface area contributed by atoms with Crippen LogP contribution in [0.25, 0.3) is 0 Å². The molecular formula is C13H16ClNO. The Morgan fingerprint density at radius 3 is 2.62 bits per heavy atom. The SMILES string of the molecule is CCC(=O)C1(c2ccc(Cl)nc2)CCCC1. The van der Waals surface area contributed by atoms with E-state index in [0.717, 1.165) is 31.2 Å². The van der Waals surface area contributed by atoms with Crippen LogP contribution in [-0.4, -0.2) is 10.8 Å². The molecule has 3 heteroatoms. The average molecular weight is 238 g/mol. The Kier molecular flexibility index (Phi) is 3.29. The molecule has 0 aliphatic heterocycles. The van der Waals surface area contributed by atoms with Gasteiger partial charge in [0.25, 0.3) is 0 Å². The maximum Gasteiger partial charge on any atom is 0.143 e. The van der Waals surface area contributed by atoms with E-state index in [-0.39, 0.29) is 5.41 Å². The third-order valence-corrected chi connectivity index (χ3v) is 3.82. The van der Waals surface area contributed by atoms with Gasteiger partial charge in [-0.05, 0) is 24.5 Å². The molecular weight excluding hydrogens is 222 g/mol. The van der Waals surface area contributed by atoms with E-state index in [1.165, 1.54) is 0 Å². The monoisotopic (exact) mass is 237 g/mol. The number of ketones is 1. The van der Waals surface area contributed by atoms with Gasteiger partial charge in [-0.25, -0.2) is 4.98 Å². The second-order valence-corrected chi connectivity index (χ2v) is 4.82. The van der Waals surface area contributed by atoms with E-state index in [2.05, 4.69) is 4.98 Å². The summed E-state index contributed by atoms with van der Waals surface area (Å²) in [6.07, 6.45) is 6.55. The molecule has 0 amide bonds. The molecule has 1 aromatic rings. The van der Waals surface area contributed by atoms with Crippen LogP contribution < -0.4 is 0 Å². The van der Waals surface area contributed by atoms with Crippen molar-refractivity contribution in [1.82, 2.24) is 4.98 Å². The average Bonchev–Trinajstić information content (AvgIpc) is 2.79. The number of rotatable bonds is 3. The number of hydrogen-bond donors (Lipinski definition) is 0. The van der Waals surface area contributed by atoms with Crippen molar-refractivity contribution in [2.45, 2.75) is 44.4 Å². The van der Waals surface area contributed by atoms with Gasteiger partial charge < -0.3 is 0 Å². The molecule has 0 aromatic carbocycles. The van der Waals surface area contributed by atoms with Gasteiger partial charge in [-0.1, -0.05) is 37.4 Å². The van der Waals surface area contributed by atoms with E-state index in [0.29, 0.717) is 17.4 Å². The molecule has 0 atom stereocenters. The van der Waals surface area contributed by atoms with E-state index in [1.54, 1.807) is 12.3 Å². The van der Waals surface area contributed by atoms with Crippen molar-refractivity contribution >= 4 is 17.4 Å². The normalized spacial score (nSPS) is 18.6. The van der Waals surface area contributed by atoms with Gasteiger partial charge in [-0.15, -0.1) is 0 Å². The van der Waals surface area contributed by atoms with E-state index >= 15 is 0 Å². The Bertz CT molecular complexity index is 379. The summed E-state index contributed by atoms with van der Waals surface area (Å²) in [6.45, 7) is 1.94. The third-order valence-electron chi connectivity index (χ3n) is 3.59. The Morgan fingerprint density at radius 2 is 2.12 bits per heavy atom. The second-order valence-electron chi connectivity index (χ2n) is 4.44. The molecule has 1 fully saturated rings. The van der Waals surface area contributed by atoms with Crippen LogP contribution in [0.3, 0.4) is 0 Å². The molecule has 2 nitrogen and oxygen atoms in total. The highest BCUT2D eigenvalue weighted by Gasteiger charge is 2.41. The molecule has 16 heavy (non-hydrogen) atoms. The highest BCUT2D eigenvalue weighted by atomic mass is 35.5. The van der Waals surface area contributed by atoms with Gasteiger partial charge in [0.05, 0.1) is 5.41 Å². The summed E-state index contributed by atoms with van der Waals surface area (Å²) in [5.74, 6) is 0.342. The first kappa shape index (κ1) is 11.6. The van der Waals surface area contributed by atoms with Gasteiger partial charge in [0.15, 0.2) is 0 Å². The van der Waals surface area contributed by atoms with Crippen LogP contribution in [0, 0.1) is 0 Å². The first-order valence-electron chi connectivity index (χ1n) is 5.84. The van der Waals surface area contributed by atoms with Gasteiger partial charge in [-0.2, -0.15) is 0 Å². The number of hydrogen-bond acceptors (Lipinski definition) is 2. The minimum Gasteiger partial charge on any atom is -0.299 e. The number of pyridine rings is 1. The molecule has 1 aliphatic rings. The summed E-state index contributed by atoms with van der Waals surface area (Å²) in [5, 5.41) is 0.487. The number of nitrogens with zero attached hydrogens (tertiary/aromatic N) is 1. The maximum absolute atomic E-state index is 12.2. The maximum atomic E-state index is 12.2. The van der Waals surface area contributed by atoms with Gasteiger partial charge in [-0.3, -0.25) is 4.79 Å². The topological polar surface area (TPSA) is 30.0 Å². The van der Waals surface area contributed by atoms with Crippen LogP contribution in [0.2, 0.25) is 5.15 Å². The van der Waals surface area contributed by atoms with Crippen molar-refractivity contribution in [3.63, 3.8) is 0 Å². The van der Waals surface area contributed by atoms with Gasteiger partial charge in [0.1, 0.15) is 10.9 Å². The van der Waals surface area contributed by atoms with Crippen molar-refractivity contribution in [1.29, 1.82) is 0 Å². The fourth-order valence-corrected chi connectivity index (χ4v) is 2.82. The molecule has 1 aromatic heterocycles. The van der Waals surface area contributed by atoms with E-state index < -0.39 is 0 Å².